The van der Waals surface area contributed by atoms with Crippen LogP contribution in [-0.4, -0.2) is 17.0 Å². The van der Waals surface area contributed by atoms with Gasteiger partial charge in [0, 0.05) is 0 Å². The SMILES string of the molecule is CCC(C(=O)O)C(=O)N[C@@H](CC)c1ccccc1. The second-order valence-corrected chi connectivity index (χ2v) is 4.18. The molecular weight excluding hydrogens is 230 g/mol. The Kier molecular flexibility index (Phi) is 5.36. The van der Waals surface area contributed by atoms with Crippen molar-refractivity contribution in [2.24, 2.45) is 5.92 Å². The van der Waals surface area contributed by atoms with Gasteiger partial charge in [-0.05, 0) is 18.4 Å². The molecule has 2 atom stereocenters. The number of aliphatic carboxylic acids is 1. The zero-order chi connectivity index (χ0) is 13.5. The lowest BCUT2D eigenvalue weighted by Gasteiger charge is -2.19. The molecule has 0 saturated carbocycles. The third-order valence-corrected chi connectivity index (χ3v) is 2.95. The predicted molar refractivity (Wildman–Crippen MR) is 69.0 cm³/mol. The summed E-state index contributed by atoms with van der Waals surface area (Å²) in [4.78, 5) is 22.8. The number of hydrogen-bond acceptors (Lipinski definition) is 2. The fourth-order valence-electron chi connectivity index (χ4n) is 1.85. The average molecular weight is 249 g/mol. The molecule has 1 unspecified atom stereocenters. The number of nitrogens with one attached hydrogen (secondary N) is 1. The minimum Gasteiger partial charge on any atom is -0.481 e. The summed E-state index contributed by atoms with van der Waals surface area (Å²) in [7, 11) is 0. The fraction of sp³-hybridized carbons (Fsp3) is 0.429. The third-order valence-electron chi connectivity index (χ3n) is 2.95. The Morgan fingerprint density at radius 3 is 2.22 bits per heavy atom. The Labute approximate surface area is 107 Å². The summed E-state index contributed by atoms with van der Waals surface area (Å²) in [6, 6.07) is 9.43. The number of carbonyl (C=O) groups is 2. The number of carbonyl (C=O) groups excluding carboxylic acids is 1. The monoisotopic (exact) mass is 249 g/mol. The molecule has 0 fully saturated rings. The smallest absolute Gasteiger partial charge is 0.316 e. The van der Waals surface area contributed by atoms with Crippen molar-refractivity contribution in [3.63, 3.8) is 0 Å². The van der Waals surface area contributed by atoms with Crippen LogP contribution in [0.1, 0.15) is 38.3 Å². The second-order valence-electron chi connectivity index (χ2n) is 4.18. The molecule has 0 aliphatic carbocycles. The highest BCUT2D eigenvalue weighted by molar-refractivity contribution is 5.97. The van der Waals surface area contributed by atoms with E-state index in [9.17, 15) is 9.59 Å². The summed E-state index contributed by atoms with van der Waals surface area (Å²) in [6.07, 6.45) is 1.03. The van der Waals surface area contributed by atoms with Crippen LogP contribution in [0.25, 0.3) is 0 Å². The van der Waals surface area contributed by atoms with Crippen molar-refractivity contribution in [3.05, 3.63) is 35.9 Å². The minimum atomic E-state index is -1.07. The zero-order valence-corrected chi connectivity index (χ0v) is 10.7. The van der Waals surface area contributed by atoms with Crippen LogP contribution in [0.15, 0.2) is 30.3 Å². The van der Waals surface area contributed by atoms with Gasteiger partial charge in [0.2, 0.25) is 5.91 Å². The van der Waals surface area contributed by atoms with Gasteiger partial charge in [0.05, 0.1) is 6.04 Å². The van der Waals surface area contributed by atoms with Crippen LogP contribution in [0.3, 0.4) is 0 Å². The van der Waals surface area contributed by atoms with Gasteiger partial charge in [-0.2, -0.15) is 0 Å². The van der Waals surface area contributed by atoms with Crippen LogP contribution in [0.5, 0.6) is 0 Å². The number of hydrogen-bond donors (Lipinski definition) is 2. The van der Waals surface area contributed by atoms with E-state index in [1.165, 1.54) is 0 Å². The lowest BCUT2D eigenvalue weighted by atomic mass is 10.0. The number of carboxylic acid groups (broad SMARTS) is 1. The molecule has 0 bridgehead atoms. The predicted octanol–water partition coefficient (Wildman–Crippen LogP) is 2.36. The van der Waals surface area contributed by atoms with Gasteiger partial charge in [-0.15, -0.1) is 0 Å². The van der Waals surface area contributed by atoms with E-state index in [0.29, 0.717) is 6.42 Å². The standard InChI is InChI=1S/C14H19NO3/c1-3-11(14(17)18)13(16)15-12(4-2)10-8-6-5-7-9-10/h5-9,11-12H,3-4H2,1-2H3,(H,15,16)(H,17,18)/t11?,12-/m0/s1. The molecule has 1 aromatic carbocycles. The Hall–Kier alpha value is -1.84. The Morgan fingerprint density at radius 2 is 1.78 bits per heavy atom. The van der Waals surface area contributed by atoms with Crippen LogP contribution in [0.2, 0.25) is 0 Å². The molecule has 18 heavy (non-hydrogen) atoms. The molecule has 0 aliphatic rings. The summed E-state index contributed by atoms with van der Waals surface area (Å²) in [5, 5.41) is 11.7. The molecule has 0 aromatic heterocycles. The fourth-order valence-corrected chi connectivity index (χ4v) is 1.85. The molecule has 4 heteroatoms. The maximum atomic E-state index is 11.9. The van der Waals surface area contributed by atoms with Gasteiger partial charge in [0.25, 0.3) is 0 Å². The largest absolute Gasteiger partial charge is 0.481 e. The first-order valence-corrected chi connectivity index (χ1v) is 6.18. The van der Waals surface area contributed by atoms with Gasteiger partial charge in [-0.25, -0.2) is 0 Å². The van der Waals surface area contributed by atoms with Gasteiger partial charge in [-0.1, -0.05) is 44.2 Å². The van der Waals surface area contributed by atoms with Crippen molar-refractivity contribution in [1.29, 1.82) is 0 Å². The van der Waals surface area contributed by atoms with E-state index in [1.807, 2.05) is 37.3 Å². The number of benzene rings is 1. The Bertz CT molecular complexity index is 403. The molecule has 1 rings (SSSR count). The van der Waals surface area contributed by atoms with E-state index in [0.717, 1.165) is 12.0 Å². The quantitative estimate of drug-likeness (QED) is 0.761. The molecule has 2 N–H and O–H groups in total. The molecule has 0 radical (unpaired) electrons. The summed E-state index contributed by atoms with van der Waals surface area (Å²) in [5.41, 5.74) is 0.994. The highest BCUT2D eigenvalue weighted by Gasteiger charge is 2.25. The minimum absolute atomic E-state index is 0.132. The van der Waals surface area contributed by atoms with Gasteiger partial charge in [0.1, 0.15) is 5.92 Å². The summed E-state index contributed by atoms with van der Waals surface area (Å²) < 4.78 is 0. The molecule has 0 spiro atoms. The van der Waals surface area contributed by atoms with Crippen molar-refractivity contribution >= 4 is 11.9 Å². The average Bonchev–Trinajstić information content (AvgIpc) is 2.37. The highest BCUT2D eigenvalue weighted by atomic mass is 16.4. The van der Waals surface area contributed by atoms with Crippen molar-refractivity contribution in [2.45, 2.75) is 32.7 Å². The summed E-state index contributed by atoms with van der Waals surface area (Å²) >= 11 is 0. The molecule has 0 aliphatic heterocycles. The van der Waals surface area contributed by atoms with Gasteiger partial charge in [0.15, 0.2) is 0 Å². The van der Waals surface area contributed by atoms with E-state index < -0.39 is 17.8 Å². The lowest BCUT2D eigenvalue weighted by Crippen LogP contribution is -2.37. The van der Waals surface area contributed by atoms with E-state index in [4.69, 9.17) is 5.11 Å². The molecule has 4 nitrogen and oxygen atoms in total. The second kappa shape index (κ2) is 6.79. The maximum Gasteiger partial charge on any atom is 0.316 e. The topological polar surface area (TPSA) is 66.4 Å². The van der Waals surface area contributed by atoms with Crippen LogP contribution < -0.4 is 5.32 Å². The van der Waals surface area contributed by atoms with Crippen molar-refractivity contribution in [3.8, 4) is 0 Å². The van der Waals surface area contributed by atoms with Crippen LogP contribution >= 0.6 is 0 Å². The number of amides is 1. The van der Waals surface area contributed by atoms with Crippen LogP contribution in [0, 0.1) is 5.92 Å². The van der Waals surface area contributed by atoms with Gasteiger partial charge in [-0.3, -0.25) is 9.59 Å². The molecular formula is C14H19NO3. The highest BCUT2D eigenvalue weighted by Crippen LogP contribution is 2.17. The zero-order valence-electron chi connectivity index (χ0n) is 10.7. The molecule has 0 heterocycles. The van der Waals surface area contributed by atoms with Crippen LogP contribution in [0.4, 0.5) is 0 Å². The van der Waals surface area contributed by atoms with Gasteiger partial charge >= 0.3 is 5.97 Å². The van der Waals surface area contributed by atoms with Gasteiger partial charge < -0.3 is 10.4 Å². The van der Waals surface area contributed by atoms with E-state index >= 15 is 0 Å². The van der Waals surface area contributed by atoms with E-state index in [1.54, 1.807) is 6.92 Å². The number of carboxylic acids is 1. The summed E-state index contributed by atoms with van der Waals surface area (Å²) in [5.74, 6) is -2.46. The summed E-state index contributed by atoms with van der Waals surface area (Å²) in [6.45, 7) is 3.65. The Balaban J connectivity index is 2.75. The van der Waals surface area contributed by atoms with E-state index in [-0.39, 0.29) is 6.04 Å². The first-order chi connectivity index (χ1) is 8.60. The molecule has 1 aromatic rings. The number of rotatable bonds is 6. The molecule has 0 saturated heterocycles. The lowest BCUT2D eigenvalue weighted by molar-refractivity contribution is -0.147. The van der Waals surface area contributed by atoms with Crippen molar-refractivity contribution in [2.75, 3.05) is 0 Å². The molecule has 98 valence electrons. The normalized spacial score (nSPS) is 13.7. The van der Waals surface area contributed by atoms with E-state index in [2.05, 4.69) is 5.32 Å². The third kappa shape index (κ3) is 3.58. The maximum absolute atomic E-state index is 11.9. The van der Waals surface area contributed by atoms with Crippen molar-refractivity contribution < 1.29 is 14.7 Å². The first-order valence-electron chi connectivity index (χ1n) is 6.18. The van der Waals surface area contributed by atoms with Crippen LogP contribution in [-0.2, 0) is 9.59 Å². The van der Waals surface area contributed by atoms with Crippen molar-refractivity contribution in [1.82, 2.24) is 5.32 Å². The molecule has 1 amide bonds. The first kappa shape index (κ1) is 14.2. The Morgan fingerprint density at radius 1 is 1.17 bits per heavy atom.